The van der Waals surface area contributed by atoms with E-state index >= 15 is 0 Å². The fraction of sp³-hybridized carbons (Fsp3) is 0.143. The lowest BCUT2D eigenvalue weighted by Gasteiger charge is -2.15. The average Bonchev–Trinajstić information content (AvgIpc) is 2.73. The van der Waals surface area contributed by atoms with Crippen molar-refractivity contribution in [1.82, 2.24) is 0 Å². The van der Waals surface area contributed by atoms with Crippen molar-refractivity contribution in [1.29, 1.82) is 0 Å². The van der Waals surface area contributed by atoms with Crippen LogP contribution in [0.4, 0.5) is 5.69 Å². The smallest absolute Gasteiger partial charge is 0.261 e. The summed E-state index contributed by atoms with van der Waals surface area (Å²) in [6.45, 7) is 0. The van der Waals surface area contributed by atoms with Gasteiger partial charge in [0.2, 0.25) is 5.75 Å². The number of sulfonamides is 1. The van der Waals surface area contributed by atoms with Crippen LogP contribution >= 0.6 is 0 Å². The second-order valence-electron chi connectivity index (χ2n) is 5.91. The molecule has 3 aromatic rings. The van der Waals surface area contributed by atoms with Crippen LogP contribution in [0.5, 0.6) is 17.2 Å². The molecule has 0 unspecified atom stereocenters. The number of anilines is 1. The zero-order valence-electron chi connectivity index (χ0n) is 15.8. The van der Waals surface area contributed by atoms with Gasteiger partial charge >= 0.3 is 0 Å². The van der Waals surface area contributed by atoms with Crippen molar-refractivity contribution >= 4 is 15.7 Å². The van der Waals surface area contributed by atoms with E-state index in [2.05, 4.69) is 4.72 Å². The van der Waals surface area contributed by atoms with Crippen LogP contribution in [0.1, 0.15) is 0 Å². The van der Waals surface area contributed by atoms with E-state index in [0.29, 0.717) is 22.9 Å². The van der Waals surface area contributed by atoms with Crippen LogP contribution < -0.4 is 18.9 Å². The van der Waals surface area contributed by atoms with Gasteiger partial charge in [0.1, 0.15) is 0 Å². The van der Waals surface area contributed by atoms with Gasteiger partial charge < -0.3 is 14.2 Å². The van der Waals surface area contributed by atoms with Crippen molar-refractivity contribution in [2.24, 2.45) is 0 Å². The van der Waals surface area contributed by atoms with Gasteiger partial charge in [0.25, 0.3) is 10.0 Å². The van der Waals surface area contributed by atoms with Crippen molar-refractivity contribution in [3.05, 3.63) is 66.7 Å². The summed E-state index contributed by atoms with van der Waals surface area (Å²) in [5, 5.41) is 0. The largest absolute Gasteiger partial charge is 0.493 e. The Balaban J connectivity index is 1.97. The van der Waals surface area contributed by atoms with Crippen molar-refractivity contribution in [2.75, 3.05) is 26.1 Å². The molecule has 0 fully saturated rings. The molecule has 1 N–H and O–H groups in total. The van der Waals surface area contributed by atoms with Crippen LogP contribution in [0.2, 0.25) is 0 Å². The molecule has 0 amide bonds. The third-order valence-electron chi connectivity index (χ3n) is 4.17. The van der Waals surface area contributed by atoms with E-state index in [4.69, 9.17) is 14.2 Å². The number of hydrogen-bond acceptors (Lipinski definition) is 5. The van der Waals surface area contributed by atoms with Crippen LogP contribution in [-0.4, -0.2) is 29.7 Å². The van der Waals surface area contributed by atoms with Crippen LogP contribution in [-0.2, 0) is 10.0 Å². The summed E-state index contributed by atoms with van der Waals surface area (Å²) in [6, 6.07) is 19.4. The van der Waals surface area contributed by atoms with E-state index < -0.39 is 10.0 Å². The van der Waals surface area contributed by atoms with E-state index in [1.807, 2.05) is 36.4 Å². The number of nitrogens with one attached hydrogen (secondary N) is 1. The molecule has 3 aromatic carbocycles. The second-order valence-corrected chi connectivity index (χ2v) is 7.60. The van der Waals surface area contributed by atoms with E-state index in [-0.39, 0.29) is 4.90 Å². The summed E-state index contributed by atoms with van der Waals surface area (Å²) in [7, 11) is 0.612. The minimum absolute atomic E-state index is 0.155. The van der Waals surface area contributed by atoms with Gasteiger partial charge in [-0.05, 0) is 23.3 Å². The molecule has 7 heteroatoms. The molecule has 0 spiro atoms. The summed E-state index contributed by atoms with van der Waals surface area (Å²) in [5.41, 5.74) is 2.06. The average molecular weight is 399 g/mol. The Labute approximate surface area is 164 Å². The summed E-state index contributed by atoms with van der Waals surface area (Å²) in [5.74, 6) is 1.11. The first kappa shape index (κ1) is 19.6. The van der Waals surface area contributed by atoms with Gasteiger partial charge in [-0.15, -0.1) is 0 Å². The number of methoxy groups -OCH3 is 3. The normalized spacial score (nSPS) is 11.0. The first-order valence-corrected chi connectivity index (χ1v) is 9.95. The molecule has 3 rings (SSSR count). The third-order valence-corrected chi connectivity index (χ3v) is 5.55. The molecular weight excluding hydrogens is 378 g/mol. The molecule has 0 radical (unpaired) electrons. The minimum Gasteiger partial charge on any atom is -0.493 e. The maximum absolute atomic E-state index is 12.9. The molecule has 0 aromatic heterocycles. The SMILES string of the molecule is COc1cc(NS(=O)(=O)c2cccc(-c3ccccc3)c2)cc(OC)c1OC. The molecular formula is C21H21NO5S. The van der Waals surface area contributed by atoms with Gasteiger partial charge in [0.05, 0.1) is 31.9 Å². The maximum Gasteiger partial charge on any atom is 0.261 e. The van der Waals surface area contributed by atoms with E-state index in [0.717, 1.165) is 11.1 Å². The van der Waals surface area contributed by atoms with Crippen LogP contribution in [0.15, 0.2) is 71.6 Å². The van der Waals surface area contributed by atoms with E-state index in [1.54, 1.807) is 30.3 Å². The van der Waals surface area contributed by atoms with Gasteiger partial charge in [-0.1, -0.05) is 42.5 Å². The summed E-state index contributed by atoms with van der Waals surface area (Å²) in [6.07, 6.45) is 0. The third kappa shape index (κ3) is 4.04. The van der Waals surface area contributed by atoms with E-state index in [9.17, 15) is 8.42 Å². The van der Waals surface area contributed by atoms with Crippen molar-refractivity contribution in [3.8, 4) is 28.4 Å². The highest BCUT2D eigenvalue weighted by atomic mass is 32.2. The van der Waals surface area contributed by atoms with Gasteiger partial charge in [-0.25, -0.2) is 8.42 Å². The molecule has 0 aliphatic rings. The zero-order valence-corrected chi connectivity index (χ0v) is 16.6. The summed E-state index contributed by atoms with van der Waals surface area (Å²) < 4.78 is 44.2. The highest BCUT2D eigenvalue weighted by Gasteiger charge is 2.19. The van der Waals surface area contributed by atoms with Gasteiger partial charge in [0, 0.05) is 12.1 Å². The molecule has 146 valence electrons. The number of rotatable bonds is 7. The first-order valence-electron chi connectivity index (χ1n) is 8.47. The fourth-order valence-corrected chi connectivity index (χ4v) is 3.91. The molecule has 0 aliphatic carbocycles. The molecule has 0 atom stereocenters. The lowest BCUT2D eigenvalue weighted by Crippen LogP contribution is -2.13. The second kappa shape index (κ2) is 8.22. The van der Waals surface area contributed by atoms with Crippen LogP contribution in [0.3, 0.4) is 0 Å². The Hall–Kier alpha value is -3.19. The summed E-state index contributed by atoms with van der Waals surface area (Å²) >= 11 is 0. The van der Waals surface area contributed by atoms with E-state index in [1.165, 1.54) is 21.3 Å². The Kier molecular flexibility index (Phi) is 5.75. The highest BCUT2D eigenvalue weighted by Crippen LogP contribution is 2.40. The lowest BCUT2D eigenvalue weighted by atomic mass is 10.1. The van der Waals surface area contributed by atoms with Gasteiger partial charge in [-0.3, -0.25) is 4.72 Å². The standard InChI is InChI=1S/C21H21NO5S/c1-25-19-13-17(14-20(26-2)21(19)27-3)22-28(23,24)18-11-7-10-16(12-18)15-8-5-4-6-9-15/h4-14,22H,1-3H3. The van der Waals surface area contributed by atoms with Crippen molar-refractivity contribution in [3.63, 3.8) is 0 Å². The number of hydrogen-bond donors (Lipinski definition) is 1. The highest BCUT2D eigenvalue weighted by molar-refractivity contribution is 7.92. The van der Waals surface area contributed by atoms with Gasteiger partial charge in [-0.2, -0.15) is 0 Å². The molecule has 28 heavy (non-hydrogen) atoms. The monoisotopic (exact) mass is 399 g/mol. The quantitative estimate of drug-likeness (QED) is 0.645. The zero-order chi connectivity index (χ0) is 20.1. The molecule has 6 nitrogen and oxygen atoms in total. The molecule has 0 saturated heterocycles. The fourth-order valence-electron chi connectivity index (χ4n) is 2.83. The Morgan fingerprint density at radius 3 is 1.89 bits per heavy atom. The van der Waals surface area contributed by atoms with Crippen LogP contribution in [0, 0.1) is 0 Å². The Morgan fingerprint density at radius 2 is 1.32 bits per heavy atom. The predicted octanol–water partition coefficient (Wildman–Crippen LogP) is 4.18. The number of benzene rings is 3. The topological polar surface area (TPSA) is 73.9 Å². The van der Waals surface area contributed by atoms with Crippen LogP contribution in [0.25, 0.3) is 11.1 Å². The Bertz CT molecular complexity index is 1040. The predicted molar refractivity (Wildman–Crippen MR) is 109 cm³/mol. The lowest BCUT2D eigenvalue weighted by molar-refractivity contribution is 0.325. The number of ether oxygens (including phenoxy) is 3. The maximum atomic E-state index is 12.9. The molecule has 0 heterocycles. The minimum atomic E-state index is -3.82. The molecule has 0 bridgehead atoms. The van der Waals surface area contributed by atoms with Crippen molar-refractivity contribution < 1.29 is 22.6 Å². The van der Waals surface area contributed by atoms with Crippen molar-refractivity contribution in [2.45, 2.75) is 4.90 Å². The molecule has 0 saturated carbocycles. The molecule has 0 aliphatic heterocycles. The first-order chi connectivity index (χ1) is 13.5. The Morgan fingerprint density at radius 1 is 0.714 bits per heavy atom. The summed E-state index contributed by atoms with van der Waals surface area (Å²) in [4.78, 5) is 0.155. The van der Waals surface area contributed by atoms with Gasteiger partial charge in [0.15, 0.2) is 11.5 Å².